The molecule has 12 heteroatoms. The Bertz CT molecular complexity index is 1370. The maximum absolute atomic E-state index is 14.2. The molecule has 1 aromatic heterocycles. The van der Waals surface area contributed by atoms with Gasteiger partial charge in [-0.25, -0.2) is 23.1 Å². The van der Waals surface area contributed by atoms with Gasteiger partial charge >= 0.3 is 0 Å². The van der Waals surface area contributed by atoms with Crippen molar-refractivity contribution in [2.24, 2.45) is 10.8 Å². The van der Waals surface area contributed by atoms with Crippen LogP contribution in [-0.4, -0.2) is 88.9 Å². The van der Waals surface area contributed by atoms with Crippen LogP contribution in [0.25, 0.3) is 0 Å². The zero-order valence-electron chi connectivity index (χ0n) is 24.2. The number of ether oxygens (including phenoxy) is 1. The number of hydrogen-bond donors (Lipinski definition) is 1. The zero-order valence-corrected chi connectivity index (χ0v) is 24.2. The molecule has 42 heavy (non-hydrogen) atoms. The SMILES string of the molecule is CCN(C(=O)c1cc(F)ccc1Oc1cncnc1N1CC2(CCN(C(=O)[C@@H]3C[C@@]4(CN3)CC4(F)F)CC2)C1)C(C)C. The topological polar surface area (TPSA) is 90.9 Å². The summed E-state index contributed by atoms with van der Waals surface area (Å²) < 4.78 is 47.9. The molecule has 3 aliphatic heterocycles. The normalized spacial score (nSPS) is 25.5. The largest absolute Gasteiger partial charge is 0.451 e. The third kappa shape index (κ3) is 4.97. The summed E-state index contributed by atoms with van der Waals surface area (Å²) in [5.41, 5.74) is -0.879. The highest BCUT2D eigenvalue weighted by Crippen LogP contribution is 2.64. The van der Waals surface area contributed by atoms with E-state index in [-0.39, 0.29) is 54.0 Å². The Labute approximate surface area is 243 Å². The van der Waals surface area contributed by atoms with E-state index < -0.39 is 23.2 Å². The number of hydrogen-bond acceptors (Lipinski definition) is 7. The summed E-state index contributed by atoms with van der Waals surface area (Å²) in [5, 5.41) is 3.04. The molecule has 2 aromatic rings. The summed E-state index contributed by atoms with van der Waals surface area (Å²) in [5.74, 6) is -2.40. The Kier molecular flexibility index (Phi) is 7.10. The monoisotopic (exact) mass is 586 g/mol. The summed E-state index contributed by atoms with van der Waals surface area (Å²) >= 11 is 0. The summed E-state index contributed by atoms with van der Waals surface area (Å²) in [6.45, 7) is 8.96. The van der Waals surface area contributed by atoms with Crippen molar-refractivity contribution in [2.75, 3.05) is 44.2 Å². The van der Waals surface area contributed by atoms with E-state index in [2.05, 4.69) is 20.2 Å². The lowest BCUT2D eigenvalue weighted by Crippen LogP contribution is -2.62. The van der Waals surface area contributed by atoms with Crippen LogP contribution in [0.4, 0.5) is 19.0 Å². The third-order valence-electron chi connectivity index (χ3n) is 9.55. The van der Waals surface area contributed by atoms with Gasteiger partial charge in [-0.1, -0.05) is 0 Å². The van der Waals surface area contributed by atoms with Crippen molar-refractivity contribution >= 4 is 17.6 Å². The summed E-state index contributed by atoms with van der Waals surface area (Å²) in [7, 11) is 0. The zero-order chi connectivity index (χ0) is 29.9. The van der Waals surface area contributed by atoms with Crippen LogP contribution in [0.15, 0.2) is 30.7 Å². The van der Waals surface area contributed by atoms with Gasteiger partial charge in [-0.05, 0) is 58.2 Å². The predicted octanol–water partition coefficient (Wildman–Crippen LogP) is 4.09. The summed E-state index contributed by atoms with van der Waals surface area (Å²) in [4.78, 5) is 40.5. The highest BCUT2D eigenvalue weighted by molar-refractivity contribution is 5.97. The van der Waals surface area contributed by atoms with Crippen LogP contribution in [0.5, 0.6) is 11.5 Å². The van der Waals surface area contributed by atoms with Gasteiger partial charge in [0.25, 0.3) is 11.8 Å². The van der Waals surface area contributed by atoms with Crippen molar-refractivity contribution in [3.63, 3.8) is 0 Å². The van der Waals surface area contributed by atoms with Crippen LogP contribution < -0.4 is 15.0 Å². The molecule has 1 saturated carbocycles. The number of likely N-dealkylation sites (tertiary alicyclic amines) is 1. The summed E-state index contributed by atoms with van der Waals surface area (Å²) in [6.07, 6.45) is 4.68. The number of benzene rings is 1. The number of piperidine rings is 1. The van der Waals surface area contributed by atoms with Gasteiger partial charge in [-0.3, -0.25) is 9.59 Å². The molecule has 2 atom stereocenters. The van der Waals surface area contributed by atoms with Crippen molar-refractivity contribution in [1.29, 1.82) is 0 Å². The van der Waals surface area contributed by atoms with Gasteiger partial charge < -0.3 is 24.8 Å². The minimum atomic E-state index is -2.66. The molecule has 1 aliphatic carbocycles. The second-order valence-corrected chi connectivity index (χ2v) is 12.6. The van der Waals surface area contributed by atoms with Crippen molar-refractivity contribution < 1.29 is 27.5 Å². The molecular weight excluding hydrogens is 549 g/mol. The van der Waals surface area contributed by atoms with Crippen LogP contribution in [0, 0.1) is 16.6 Å². The molecule has 0 unspecified atom stereocenters. The first kappa shape index (κ1) is 28.7. The minimum Gasteiger partial charge on any atom is -0.451 e. The molecule has 9 nitrogen and oxygen atoms in total. The van der Waals surface area contributed by atoms with Gasteiger partial charge in [-0.15, -0.1) is 0 Å². The lowest BCUT2D eigenvalue weighted by atomic mass is 9.72. The quantitative estimate of drug-likeness (QED) is 0.523. The fourth-order valence-corrected chi connectivity index (χ4v) is 6.87. The molecule has 4 fully saturated rings. The number of nitrogens with zero attached hydrogens (tertiary/aromatic N) is 5. The maximum Gasteiger partial charge on any atom is 0.257 e. The number of alkyl halides is 2. The smallest absolute Gasteiger partial charge is 0.257 e. The first-order chi connectivity index (χ1) is 20.0. The molecule has 4 aliphatic rings. The number of rotatable bonds is 7. The number of carbonyl (C=O) groups is 2. The van der Waals surface area contributed by atoms with Crippen molar-refractivity contribution in [3.05, 3.63) is 42.1 Å². The molecule has 0 radical (unpaired) electrons. The predicted molar refractivity (Wildman–Crippen MR) is 149 cm³/mol. The highest BCUT2D eigenvalue weighted by Gasteiger charge is 2.73. The van der Waals surface area contributed by atoms with Gasteiger partial charge in [-0.2, -0.15) is 0 Å². The lowest BCUT2D eigenvalue weighted by molar-refractivity contribution is -0.135. The molecule has 0 bridgehead atoms. The third-order valence-corrected chi connectivity index (χ3v) is 9.55. The average Bonchev–Trinajstić information content (AvgIpc) is 3.24. The lowest BCUT2D eigenvalue weighted by Gasteiger charge is -2.54. The number of nitrogens with one attached hydrogen (secondary N) is 1. The molecule has 3 saturated heterocycles. The number of carbonyl (C=O) groups excluding carboxylic acids is 2. The second kappa shape index (κ2) is 10.4. The van der Waals surface area contributed by atoms with Gasteiger partial charge in [0.2, 0.25) is 5.91 Å². The molecule has 4 heterocycles. The van der Waals surface area contributed by atoms with Crippen molar-refractivity contribution in [2.45, 2.75) is 64.5 Å². The standard InChI is InChI=1S/C30H37F3N6O3/c1-4-39(19(2)3)26(40)21-11-20(31)5-6-23(21)42-24-13-34-18-36-25(24)38-16-28(17-38)7-9-37(10-8-28)27(41)22-12-29(15-35-22)14-30(29,32)33/h5-6,11,13,18-19,22,35H,4,7-10,12,14-17H2,1-3H3/t22-,29-/m0/s1. The molecular formula is C30H37F3N6O3. The van der Waals surface area contributed by atoms with E-state index in [1.54, 1.807) is 4.90 Å². The van der Waals surface area contributed by atoms with Crippen molar-refractivity contribution in [1.82, 2.24) is 25.1 Å². The van der Waals surface area contributed by atoms with Crippen LogP contribution in [0.1, 0.15) is 56.8 Å². The van der Waals surface area contributed by atoms with E-state index in [0.717, 1.165) is 12.8 Å². The first-order valence-electron chi connectivity index (χ1n) is 14.7. The number of anilines is 1. The van der Waals surface area contributed by atoms with E-state index >= 15 is 0 Å². The van der Waals surface area contributed by atoms with Crippen LogP contribution in [-0.2, 0) is 4.79 Å². The molecule has 2 amide bonds. The molecule has 226 valence electrons. The Morgan fingerprint density at radius 1 is 1.19 bits per heavy atom. The number of aromatic nitrogens is 2. The molecule has 6 rings (SSSR count). The Morgan fingerprint density at radius 3 is 2.52 bits per heavy atom. The molecule has 1 aromatic carbocycles. The minimum absolute atomic E-state index is 0.0166. The van der Waals surface area contributed by atoms with E-state index in [9.17, 15) is 22.8 Å². The Hall–Kier alpha value is -3.41. The molecule has 1 N–H and O–H groups in total. The van der Waals surface area contributed by atoms with Gasteiger partial charge in [0.15, 0.2) is 11.6 Å². The van der Waals surface area contributed by atoms with E-state index in [0.29, 0.717) is 44.3 Å². The number of amides is 2. The van der Waals surface area contributed by atoms with Gasteiger partial charge in [0.05, 0.1) is 23.2 Å². The molecule has 2 spiro atoms. The van der Waals surface area contributed by atoms with Crippen LogP contribution in [0.3, 0.4) is 0 Å². The second-order valence-electron chi connectivity index (χ2n) is 12.6. The van der Waals surface area contributed by atoms with E-state index in [4.69, 9.17) is 4.74 Å². The fraction of sp³-hybridized carbons (Fsp3) is 0.600. The van der Waals surface area contributed by atoms with Gasteiger partial charge in [0, 0.05) is 57.1 Å². The average molecular weight is 587 g/mol. The fourth-order valence-electron chi connectivity index (χ4n) is 6.87. The van der Waals surface area contributed by atoms with Crippen LogP contribution >= 0.6 is 0 Å². The van der Waals surface area contributed by atoms with Crippen molar-refractivity contribution in [3.8, 4) is 11.5 Å². The van der Waals surface area contributed by atoms with E-state index in [1.807, 2.05) is 25.7 Å². The Morgan fingerprint density at radius 2 is 1.90 bits per heavy atom. The Balaban J connectivity index is 1.10. The first-order valence-corrected chi connectivity index (χ1v) is 14.7. The maximum atomic E-state index is 14.2. The highest BCUT2D eigenvalue weighted by atomic mass is 19.3. The number of halogens is 3. The van der Waals surface area contributed by atoms with E-state index in [1.165, 1.54) is 30.7 Å². The van der Waals surface area contributed by atoms with Crippen LogP contribution in [0.2, 0.25) is 0 Å². The van der Waals surface area contributed by atoms with Gasteiger partial charge in [0.1, 0.15) is 17.9 Å². The summed E-state index contributed by atoms with van der Waals surface area (Å²) in [6, 6.07) is 3.30.